The number of halogens is 1. The van der Waals surface area contributed by atoms with Gasteiger partial charge in [-0.25, -0.2) is 4.39 Å². The highest BCUT2D eigenvalue weighted by molar-refractivity contribution is 5.83. The van der Waals surface area contributed by atoms with Gasteiger partial charge in [0.15, 0.2) is 0 Å². The number of methoxy groups -OCH3 is 1. The van der Waals surface area contributed by atoms with Crippen LogP contribution in [0.25, 0.3) is 0 Å². The first-order valence-electron chi connectivity index (χ1n) is 7.86. The number of hydrogen-bond acceptors (Lipinski definition) is 3. The van der Waals surface area contributed by atoms with E-state index in [1.165, 1.54) is 12.1 Å². The molecule has 1 fully saturated rings. The van der Waals surface area contributed by atoms with Gasteiger partial charge in [-0.05, 0) is 17.7 Å². The second-order valence-electron chi connectivity index (χ2n) is 5.70. The van der Waals surface area contributed by atoms with E-state index in [1.807, 2.05) is 6.07 Å². The normalized spacial score (nSPS) is 20.6. The fraction of sp³-hybridized carbons (Fsp3) is 0.529. The number of nitrogens with one attached hydrogen (secondary N) is 1. The van der Waals surface area contributed by atoms with Gasteiger partial charge < -0.3 is 15.0 Å². The molecule has 23 heavy (non-hydrogen) atoms. The van der Waals surface area contributed by atoms with Crippen LogP contribution in [0.15, 0.2) is 24.3 Å². The van der Waals surface area contributed by atoms with Crippen LogP contribution in [0.3, 0.4) is 0 Å². The molecule has 0 saturated carbocycles. The molecule has 0 spiro atoms. The second kappa shape index (κ2) is 8.06. The zero-order valence-electron chi connectivity index (χ0n) is 13.5. The first kappa shape index (κ1) is 17.4. The molecule has 2 amide bonds. The van der Waals surface area contributed by atoms with Crippen molar-refractivity contribution in [1.82, 2.24) is 10.2 Å². The van der Waals surface area contributed by atoms with E-state index in [1.54, 1.807) is 25.0 Å². The first-order valence-corrected chi connectivity index (χ1v) is 7.86. The third kappa shape index (κ3) is 4.28. The first-order chi connectivity index (χ1) is 11.1. The maximum atomic E-state index is 13.5. The lowest BCUT2D eigenvalue weighted by atomic mass is 9.88. The van der Waals surface area contributed by atoms with Crippen LogP contribution in [0.1, 0.15) is 24.8 Å². The molecule has 1 saturated heterocycles. The molecule has 1 heterocycles. The van der Waals surface area contributed by atoms with E-state index in [0.717, 1.165) is 5.56 Å². The van der Waals surface area contributed by atoms with Gasteiger partial charge in [0.1, 0.15) is 5.82 Å². The Bertz CT molecular complexity index is 565. The smallest absolute Gasteiger partial charge is 0.225 e. The SMILES string of the molecule is CCC(=O)N1CC(C(=O)NCCOC)C(c2cccc(F)c2)C1. The Hall–Kier alpha value is -1.95. The zero-order valence-corrected chi connectivity index (χ0v) is 13.5. The fourth-order valence-electron chi connectivity index (χ4n) is 2.98. The van der Waals surface area contributed by atoms with E-state index in [9.17, 15) is 14.0 Å². The summed E-state index contributed by atoms with van der Waals surface area (Å²) in [5.41, 5.74) is 0.753. The predicted octanol–water partition coefficient (Wildman–Crippen LogP) is 1.54. The van der Waals surface area contributed by atoms with Crippen molar-refractivity contribution in [2.75, 3.05) is 33.4 Å². The molecule has 2 atom stereocenters. The zero-order chi connectivity index (χ0) is 16.8. The van der Waals surface area contributed by atoms with Crippen LogP contribution in [-0.4, -0.2) is 50.1 Å². The van der Waals surface area contributed by atoms with Gasteiger partial charge in [-0.15, -0.1) is 0 Å². The van der Waals surface area contributed by atoms with Crippen LogP contribution in [0.2, 0.25) is 0 Å². The second-order valence-corrected chi connectivity index (χ2v) is 5.70. The molecular formula is C17H23FN2O3. The summed E-state index contributed by atoms with van der Waals surface area (Å²) in [4.78, 5) is 26.1. The molecule has 1 N–H and O–H groups in total. The number of amides is 2. The third-order valence-corrected chi connectivity index (χ3v) is 4.19. The summed E-state index contributed by atoms with van der Waals surface area (Å²) in [5, 5.41) is 2.82. The summed E-state index contributed by atoms with van der Waals surface area (Å²) >= 11 is 0. The maximum absolute atomic E-state index is 13.5. The monoisotopic (exact) mass is 322 g/mol. The molecule has 0 aromatic heterocycles. The summed E-state index contributed by atoms with van der Waals surface area (Å²) in [6, 6.07) is 6.26. The van der Waals surface area contributed by atoms with Crippen LogP contribution in [-0.2, 0) is 14.3 Å². The Labute approximate surface area is 135 Å². The maximum Gasteiger partial charge on any atom is 0.225 e. The van der Waals surface area contributed by atoms with E-state index in [2.05, 4.69) is 5.32 Å². The number of likely N-dealkylation sites (tertiary alicyclic amines) is 1. The van der Waals surface area contributed by atoms with E-state index < -0.39 is 0 Å². The average Bonchev–Trinajstić information content (AvgIpc) is 2.99. The lowest BCUT2D eigenvalue weighted by Gasteiger charge is -2.18. The molecule has 0 bridgehead atoms. The van der Waals surface area contributed by atoms with Gasteiger partial charge in [-0.1, -0.05) is 19.1 Å². The molecular weight excluding hydrogens is 299 g/mol. The number of carbonyl (C=O) groups excluding carboxylic acids is 2. The molecule has 5 nitrogen and oxygen atoms in total. The molecule has 0 radical (unpaired) electrons. The predicted molar refractivity (Wildman–Crippen MR) is 84.4 cm³/mol. The van der Waals surface area contributed by atoms with Crippen molar-refractivity contribution in [2.45, 2.75) is 19.3 Å². The van der Waals surface area contributed by atoms with E-state index in [4.69, 9.17) is 4.74 Å². The largest absolute Gasteiger partial charge is 0.383 e. The highest BCUT2D eigenvalue weighted by Gasteiger charge is 2.39. The molecule has 1 aliphatic heterocycles. The number of rotatable bonds is 6. The third-order valence-electron chi connectivity index (χ3n) is 4.19. The molecule has 1 aromatic carbocycles. The molecule has 2 unspecified atom stereocenters. The molecule has 1 aromatic rings. The Morgan fingerprint density at radius 1 is 1.39 bits per heavy atom. The van der Waals surface area contributed by atoms with Gasteiger partial charge in [-0.3, -0.25) is 9.59 Å². The standard InChI is InChI=1S/C17H23FN2O3/c1-3-16(21)20-10-14(12-5-4-6-13(18)9-12)15(11-20)17(22)19-7-8-23-2/h4-6,9,14-15H,3,7-8,10-11H2,1-2H3,(H,19,22). The van der Waals surface area contributed by atoms with Gasteiger partial charge in [0, 0.05) is 39.1 Å². The fourth-order valence-corrected chi connectivity index (χ4v) is 2.98. The van der Waals surface area contributed by atoms with Crippen molar-refractivity contribution < 1.29 is 18.7 Å². The summed E-state index contributed by atoms with van der Waals surface area (Å²) in [6.45, 7) is 3.46. The van der Waals surface area contributed by atoms with Gasteiger partial charge >= 0.3 is 0 Å². The van der Waals surface area contributed by atoms with Crippen molar-refractivity contribution >= 4 is 11.8 Å². The number of benzene rings is 1. The number of ether oxygens (including phenoxy) is 1. The van der Waals surface area contributed by atoms with Crippen LogP contribution < -0.4 is 5.32 Å². The minimum atomic E-state index is -0.371. The molecule has 2 rings (SSSR count). The minimum absolute atomic E-state index is 0.0126. The Balaban J connectivity index is 2.17. The lowest BCUT2D eigenvalue weighted by molar-refractivity contribution is -0.130. The van der Waals surface area contributed by atoms with Crippen LogP contribution in [0.5, 0.6) is 0 Å². The van der Waals surface area contributed by atoms with E-state index >= 15 is 0 Å². The van der Waals surface area contributed by atoms with Crippen LogP contribution >= 0.6 is 0 Å². The highest BCUT2D eigenvalue weighted by atomic mass is 19.1. The number of carbonyl (C=O) groups is 2. The van der Waals surface area contributed by atoms with Gasteiger partial charge in [-0.2, -0.15) is 0 Å². The summed E-state index contributed by atoms with van der Waals surface area (Å²) in [5.74, 6) is -1.00. The summed E-state index contributed by atoms with van der Waals surface area (Å²) < 4.78 is 18.5. The quantitative estimate of drug-likeness (QED) is 0.808. The van der Waals surface area contributed by atoms with Crippen molar-refractivity contribution in [3.8, 4) is 0 Å². The number of hydrogen-bond donors (Lipinski definition) is 1. The van der Waals surface area contributed by atoms with Gasteiger partial charge in [0.05, 0.1) is 12.5 Å². The Morgan fingerprint density at radius 3 is 2.83 bits per heavy atom. The molecule has 6 heteroatoms. The average molecular weight is 322 g/mol. The summed E-state index contributed by atoms with van der Waals surface area (Å²) in [6.07, 6.45) is 0.397. The van der Waals surface area contributed by atoms with Crippen molar-refractivity contribution in [3.05, 3.63) is 35.6 Å². The van der Waals surface area contributed by atoms with Crippen molar-refractivity contribution in [1.29, 1.82) is 0 Å². The number of nitrogens with zero attached hydrogens (tertiary/aromatic N) is 1. The minimum Gasteiger partial charge on any atom is -0.383 e. The lowest BCUT2D eigenvalue weighted by Crippen LogP contribution is -2.37. The van der Waals surface area contributed by atoms with E-state index in [-0.39, 0.29) is 29.5 Å². The van der Waals surface area contributed by atoms with Crippen molar-refractivity contribution in [3.63, 3.8) is 0 Å². The van der Waals surface area contributed by atoms with Crippen LogP contribution in [0, 0.1) is 11.7 Å². The Morgan fingerprint density at radius 2 is 2.17 bits per heavy atom. The van der Waals surface area contributed by atoms with Crippen LogP contribution in [0.4, 0.5) is 4.39 Å². The van der Waals surface area contributed by atoms with Gasteiger partial charge in [0.2, 0.25) is 11.8 Å². The molecule has 126 valence electrons. The van der Waals surface area contributed by atoms with Crippen molar-refractivity contribution in [2.24, 2.45) is 5.92 Å². The molecule has 1 aliphatic rings. The Kier molecular flexibility index (Phi) is 6.10. The van der Waals surface area contributed by atoms with Gasteiger partial charge in [0.25, 0.3) is 0 Å². The topological polar surface area (TPSA) is 58.6 Å². The van der Waals surface area contributed by atoms with E-state index in [0.29, 0.717) is 32.7 Å². The highest BCUT2D eigenvalue weighted by Crippen LogP contribution is 2.33. The summed E-state index contributed by atoms with van der Waals surface area (Å²) in [7, 11) is 1.57. The molecule has 0 aliphatic carbocycles.